The van der Waals surface area contributed by atoms with Gasteiger partial charge in [-0.05, 0) is 0 Å². The van der Waals surface area contributed by atoms with Crippen LogP contribution in [-0.2, 0) is 21.1 Å². The van der Waals surface area contributed by atoms with Gasteiger partial charge in [0.1, 0.15) is 0 Å². The summed E-state index contributed by atoms with van der Waals surface area (Å²) in [7, 11) is 0. The molecule has 31 heavy (non-hydrogen) atoms. The SMILES string of the molecule is Fc1ccc(F)c([O][Zr]([O]c2c(F)ccc(F)c2F)([C]2=CC=CC2)[C]2=CC=CC2)c1F. The molecule has 0 aliphatic heterocycles. The van der Waals surface area contributed by atoms with Crippen molar-refractivity contribution in [1.82, 2.24) is 0 Å². The Labute approximate surface area is 179 Å². The maximum atomic E-state index is 14.5. The second-order valence-corrected chi connectivity index (χ2v) is 14.0. The molecule has 0 N–H and O–H groups in total. The molecule has 160 valence electrons. The van der Waals surface area contributed by atoms with Crippen LogP contribution in [0.3, 0.4) is 0 Å². The van der Waals surface area contributed by atoms with E-state index in [-0.39, 0.29) is 12.8 Å². The first-order valence-corrected chi connectivity index (χ1v) is 13.7. The zero-order valence-electron chi connectivity index (χ0n) is 15.8. The molecule has 0 atom stereocenters. The van der Waals surface area contributed by atoms with Gasteiger partial charge in [-0.1, -0.05) is 0 Å². The van der Waals surface area contributed by atoms with E-state index in [0.29, 0.717) is 30.8 Å². The summed E-state index contributed by atoms with van der Waals surface area (Å²) in [5.74, 6) is -10.4. The monoisotopic (exact) mass is 514 g/mol. The number of allylic oxidation sites excluding steroid dienone is 8. The van der Waals surface area contributed by atoms with E-state index in [1.54, 1.807) is 36.5 Å². The summed E-state index contributed by atoms with van der Waals surface area (Å²) in [6.45, 7) is 0. The van der Waals surface area contributed by atoms with E-state index in [0.717, 1.165) is 0 Å². The van der Waals surface area contributed by atoms with E-state index < -0.39 is 67.5 Å². The van der Waals surface area contributed by atoms with Crippen LogP contribution >= 0.6 is 0 Å². The summed E-state index contributed by atoms with van der Waals surface area (Å²) in [5, 5.41) is 0. The molecule has 0 heterocycles. The fourth-order valence-electron chi connectivity index (χ4n) is 3.36. The van der Waals surface area contributed by atoms with Gasteiger partial charge >= 0.3 is 180 Å². The van der Waals surface area contributed by atoms with Crippen molar-refractivity contribution in [2.45, 2.75) is 12.8 Å². The van der Waals surface area contributed by atoms with E-state index in [1.165, 1.54) is 0 Å². The van der Waals surface area contributed by atoms with Crippen LogP contribution < -0.4 is 5.63 Å². The molecule has 0 fully saturated rings. The van der Waals surface area contributed by atoms with Gasteiger partial charge in [0.2, 0.25) is 0 Å². The van der Waals surface area contributed by atoms with Crippen LogP contribution in [0, 0.1) is 34.9 Å². The third kappa shape index (κ3) is 3.91. The summed E-state index contributed by atoms with van der Waals surface area (Å²) in [5.41, 5.74) is 0. The van der Waals surface area contributed by atoms with Gasteiger partial charge in [0, 0.05) is 0 Å². The van der Waals surface area contributed by atoms with Crippen LogP contribution in [0.2, 0.25) is 0 Å². The Hall–Kier alpha value is -2.54. The van der Waals surface area contributed by atoms with Crippen molar-refractivity contribution >= 4 is 0 Å². The predicted octanol–water partition coefficient (Wildman–Crippen LogP) is 6.65. The number of rotatable bonds is 6. The van der Waals surface area contributed by atoms with E-state index >= 15 is 0 Å². The van der Waals surface area contributed by atoms with Crippen LogP contribution in [-0.4, -0.2) is 0 Å². The van der Waals surface area contributed by atoms with Gasteiger partial charge in [0.15, 0.2) is 0 Å². The van der Waals surface area contributed by atoms with Crippen molar-refractivity contribution < 1.29 is 53.1 Å². The Balaban J connectivity index is 1.93. The summed E-state index contributed by atoms with van der Waals surface area (Å²) >= 11 is -5.30. The molecule has 0 saturated heterocycles. The third-order valence-corrected chi connectivity index (χ3v) is 13.3. The topological polar surface area (TPSA) is 18.5 Å². The third-order valence-electron chi connectivity index (χ3n) is 4.88. The molecule has 0 saturated carbocycles. The molecule has 2 aliphatic rings. The molecule has 9 heteroatoms. The minimum atomic E-state index is -5.30. The Morgan fingerprint density at radius 3 is 1.32 bits per heavy atom. The molecule has 2 nitrogen and oxygen atoms in total. The predicted molar refractivity (Wildman–Crippen MR) is 97.6 cm³/mol. The Morgan fingerprint density at radius 1 is 0.581 bits per heavy atom. The van der Waals surface area contributed by atoms with Crippen molar-refractivity contribution in [3.05, 3.63) is 102 Å². The van der Waals surface area contributed by atoms with Crippen LogP contribution in [0.1, 0.15) is 12.8 Å². The second kappa shape index (κ2) is 8.54. The van der Waals surface area contributed by atoms with Crippen molar-refractivity contribution in [3.8, 4) is 11.5 Å². The first kappa shape index (κ1) is 21.7. The fourth-order valence-corrected chi connectivity index (χ4v) is 11.6. The summed E-state index contributed by atoms with van der Waals surface area (Å²) in [6, 6.07) is 2.54. The molecule has 0 unspecified atom stereocenters. The van der Waals surface area contributed by atoms with Crippen molar-refractivity contribution in [3.63, 3.8) is 0 Å². The molecule has 0 bridgehead atoms. The molecule has 4 rings (SSSR count). The summed E-state index contributed by atoms with van der Waals surface area (Å²) < 4.78 is 98.0. The molecule has 2 aromatic carbocycles. The first-order valence-electron chi connectivity index (χ1n) is 9.21. The summed E-state index contributed by atoms with van der Waals surface area (Å²) in [4.78, 5) is 0. The average Bonchev–Trinajstić information content (AvgIpc) is 3.48. The zero-order valence-corrected chi connectivity index (χ0v) is 18.2. The standard InChI is InChI=1S/2C6H3F3O.2C5H5.Zr/c2*7-3-1-2-4(8)6(10)5(3)9;2*1-2-4-5-3-1;/h2*1-2,10H;2*1-3H,4H2;/q;;;;+2/p-2. The van der Waals surface area contributed by atoms with Gasteiger partial charge in [-0.15, -0.1) is 0 Å². The van der Waals surface area contributed by atoms with Crippen LogP contribution in [0.5, 0.6) is 11.5 Å². The molecule has 0 spiro atoms. The molecule has 0 aromatic heterocycles. The fraction of sp³-hybridized carbons (Fsp3) is 0.0909. The number of benzene rings is 2. The summed E-state index contributed by atoms with van der Waals surface area (Å²) in [6.07, 6.45) is 10.3. The van der Waals surface area contributed by atoms with Gasteiger partial charge in [-0.2, -0.15) is 0 Å². The normalized spacial score (nSPS) is 15.3. The molecular weight excluding hydrogens is 501 g/mol. The van der Waals surface area contributed by atoms with E-state index in [2.05, 4.69) is 0 Å². The zero-order chi connectivity index (χ0) is 22.2. The van der Waals surface area contributed by atoms with Crippen LogP contribution in [0.15, 0.2) is 67.3 Å². The van der Waals surface area contributed by atoms with Gasteiger partial charge in [-0.3, -0.25) is 0 Å². The van der Waals surface area contributed by atoms with Crippen molar-refractivity contribution in [1.29, 1.82) is 0 Å². The number of halogens is 6. The Bertz CT molecular complexity index is 1080. The number of hydrogen-bond acceptors (Lipinski definition) is 2. The molecule has 2 aromatic rings. The maximum absolute atomic E-state index is 14.5. The average molecular weight is 516 g/mol. The van der Waals surface area contributed by atoms with Gasteiger partial charge in [-0.25, -0.2) is 0 Å². The van der Waals surface area contributed by atoms with E-state index in [4.69, 9.17) is 5.63 Å². The van der Waals surface area contributed by atoms with Crippen molar-refractivity contribution in [2.24, 2.45) is 0 Å². The van der Waals surface area contributed by atoms with E-state index in [9.17, 15) is 26.3 Å². The molecule has 0 radical (unpaired) electrons. The Morgan fingerprint density at radius 2 is 0.968 bits per heavy atom. The molecule has 0 amide bonds. The second-order valence-electron chi connectivity index (χ2n) is 6.81. The quantitative estimate of drug-likeness (QED) is 0.317. The van der Waals surface area contributed by atoms with E-state index in [1.807, 2.05) is 0 Å². The van der Waals surface area contributed by atoms with Crippen LogP contribution in [0.4, 0.5) is 26.3 Å². The Kier molecular flexibility index (Phi) is 5.97. The first-order chi connectivity index (χ1) is 14.8. The van der Waals surface area contributed by atoms with Gasteiger partial charge in [0.25, 0.3) is 0 Å². The van der Waals surface area contributed by atoms with Gasteiger partial charge < -0.3 is 0 Å². The minimum absolute atomic E-state index is 0.227. The van der Waals surface area contributed by atoms with Crippen LogP contribution in [0.25, 0.3) is 0 Å². The van der Waals surface area contributed by atoms with Gasteiger partial charge in [0.05, 0.1) is 0 Å². The molecule has 2 aliphatic carbocycles. The number of hydrogen-bond donors (Lipinski definition) is 0. The van der Waals surface area contributed by atoms with Crippen molar-refractivity contribution in [2.75, 3.05) is 0 Å². The molecular formula is C22H14F6O2Zr.